The molecule has 0 radical (unpaired) electrons. The minimum atomic E-state index is 0.420. The fraction of sp³-hybridized carbons (Fsp3) is 0.478. The number of piperidine rings is 1. The molecule has 6 nitrogen and oxygen atoms in total. The average molecular weight is 396 g/mol. The number of nitrogens with one attached hydrogen (secondary N) is 2. The Kier molecular flexibility index (Phi) is 7.87. The topological polar surface area (TPSA) is 61.8 Å². The second-order valence-corrected chi connectivity index (χ2v) is 7.50. The summed E-state index contributed by atoms with van der Waals surface area (Å²) in [5.74, 6) is 1.51. The van der Waals surface area contributed by atoms with E-state index in [1.165, 1.54) is 5.56 Å². The zero-order valence-corrected chi connectivity index (χ0v) is 17.8. The zero-order valence-electron chi connectivity index (χ0n) is 17.8. The van der Waals surface area contributed by atoms with E-state index in [0.717, 1.165) is 37.5 Å². The number of pyridine rings is 1. The SMILES string of the molecule is CCOc1ncccc1CNC(=NC)NC1CCN(Cc2ccccc2)C(C)C1. The average Bonchev–Trinajstić information content (AvgIpc) is 2.75. The van der Waals surface area contributed by atoms with Crippen LogP contribution in [0.4, 0.5) is 0 Å². The van der Waals surface area contributed by atoms with Crippen LogP contribution >= 0.6 is 0 Å². The molecule has 6 heteroatoms. The van der Waals surface area contributed by atoms with Gasteiger partial charge in [-0.1, -0.05) is 36.4 Å². The van der Waals surface area contributed by atoms with Crippen LogP contribution in [0.1, 0.15) is 37.8 Å². The Balaban J connectivity index is 1.49. The molecule has 1 aromatic carbocycles. The molecule has 0 bridgehead atoms. The number of aliphatic imine (C=N–C) groups is 1. The molecular formula is C23H33N5O. The molecular weight excluding hydrogens is 362 g/mol. The van der Waals surface area contributed by atoms with Crippen molar-refractivity contribution >= 4 is 5.96 Å². The van der Waals surface area contributed by atoms with E-state index in [9.17, 15) is 0 Å². The molecule has 1 aliphatic heterocycles. The van der Waals surface area contributed by atoms with Crippen LogP contribution in [-0.4, -0.2) is 48.1 Å². The molecule has 2 N–H and O–H groups in total. The number of hydrogen-bond donors (Lipinski definition) is 2. The van der Waals surface area contributed by atoms with E-state index in [4.69, 9.17) is 4.74 Å². The van der Waals surface area contributed by atoms with Crippen molar-refractivity contribution in [2.75, 3.05) is 20.2 Å². The van der Waals surface area contributed by atoms with Gasteiger partial charge in [0.25, 0.3) is 0 Å². The lowest BCUT2D eigenvalue weighted by molar-refractivity contribution is 0.134. The monoisotopic (exact) mass is 395 g/mol. The standard InChI is InChI=1S/C23H33N5O/c1-4-29-22-20(11-8-13-25-22)16-26-23(24-3)27-21-12-14-28(18(2)15-21)17-19-9-6-5-7-10-19/h5-11,13,18,21H,4,12,14-17H2,1-3H3,(H2,24,26,27). The molecule has 0 amide bonds. The van der Waals surface area contributed by atoms with E-state index in [1.807, 2.05) is 26.1 Å². The highest BCUT2D eigenvalue weighted by Gasteiger charge is 2.26. The van der Waals surface area contributed by atoms with Crippen LogP contribution in [-0.2, 0) is 13.1 Å². The Morgan fingerprint density at radius 2 is 2.07 bits per heavy atom. The van der Waals surface area contributed by atoms with Gasteiger partial charge in [-0.25, -0.2) is 4.98 Å². The van der Waals surface area contributed by atoms with Crippen LogP contribution in [0.2, 0.25) is 0 Å². The van der Waals surface area contributed by atoms with Gasteiger partial charge in [-0.3, -0.25) is 9.89 Å². The first-order chi connectivity index (χ1) is 14.2. The number of benzene rings is 1. The Bertz CT molecular complexity index is 780. The first-order valence-electron chi connectivity index (χ1n) is 10.5. The van der Waals surface area contributed by atoms with Gasteiger partial charge >= 0.3 is 0 Å². The molecule has 1 aromatic heterocycles. The number of hydrogen-bond acceptors (Lipinski definition) is 4. The van der Waals surface area contributed by atoms with Crippen molar-refractivity contribution in [3.63, 3.8) is 0 Å². The van der Waals surface area contributed by atoms with Gasteiger partial charge in [-0.2, -0.15) is 0 Å². The summed E-state index contributed by atoms with van der Waals surface area (Å²) in [6.45, 7) is 7.63. The van der Waals surface area contributed by atoms with Crippen LogP contribution in [0, 0.1) is 0 Å². The number of likely N-dealkylation sites (tertiary alicyclic amines) is 1. The van der Waals surface area contributed by atoms with E-state index in [2.05, 4.69) is 62.8 Å². The number of ether oxygens (including phenoxy) is 1. The molecule has 0 aliphatic carbocycles. The van der Waals surface area contributed by atoms with Crippen molar-refractivity contribution in [2.24, 2.45) is 4.99 Å². The lowest BCUT2D eigenvalue weighted by atomic mass is 9.97. The predicted octanol–water partition coefficient (Wildman–Crippen LogP) is 3.20. The molecule has 29 heavy (non-hydrogen) atoms. The van der Waals surface area contributed by atoms with Gasteiger partial charge in [-0.05, 0) is 38.3 Å². The van der Waals surface area contributed by atoms with Crippen molar-refractivity contribution in [1.29, 1.82) is 0 Å². The fourth-order valence-corrected chi connectivity index (χ4v) is 3.80. The molecule has 2 heterocycles. The van der Waals surface area contributed by atoms with Gasteiger partial charge in [-0.15, -0.1) is 0 Å². The second-order valence-electron chi connectivity index (χ2n) is 7.50. The molecule has 1 aliphatic rings. The smallest absolute Gasteiger partial charge is 0.218 e. The van der Waals surface area contributed by atoms with Gasteiger partial charge in [0.05, 0.1) is 6.61 Å². The summed E-state index contributed by atoms with van der Waals surface area (Å²) < 4.78 is 5.61. The maximum absolute atomic E-state index is 5.61. The minimum absolute atomic E-state index is 0.420. The molecule has 1 fully saturated rings. The lowest BCUT2D eigenvalue weighted by Gasteiger charge is -2.38. The van der Waals surface area contributed by atoms with Crippen molar-refractivity contribution in [3.8, 4) is 5.88 Å². The van der Waals surface area contributed by atoms with Crippen molar-refractivity contribution in [1.82, 2.24) is 20.5 Å². The minimum Gasteiger partial charge on any atom is -0.478 e. The molecule has 1 saturated heterocycles. The lowest BCUT2D eigenvalue weighted by Crippen LogP contribution is -2.51. The molecule has 156 valence electrons. The van der Waals surface area contributed by atoms with Crippen molar-refractivity contribution in [2.45, 2.75) is 51.9 Å². The van der Waals surface area contributed by atoms with Gasteiger partial charge in [0, 0.05) is 50.5 Å². The van der Waals surface area contributed by atoms with E-state index < -0.39 is 0 Å². The number of aromatic nitrogens is 1. The van der Waals surface area contributed by atoms with E-state index in [0.29, 0.717) is 31.1 Å². The summed E-state index contributed by atoms with van der Waals surface area (Å²) in [6.07, 6.45) is 3.96. The number of guanidine groups is 1. The van der Waals surface area contributed by atoms with Gasteiger partial charge in [0.1, 0.15) is 0 Å². The molecule has 2 unspecified atom stereocenters. The highest BCUT2D eigenvalue weighted by Crippen LogP contribution is 2.20. The summed E-state index contributed by atoms with van der Waals surface area (Å²) in [5.41, 5.74) is 2.41. The van der Waals surface area contributed by atoms with E-state index in [-0.39, 0.29) is 0 Å². The third-order valence-corrected chi connectivity index (χ3v) is 5.38. The fourth-order valence-electron chi connectivity index (χ4n) is 3.80. The summed E-state index contributed by atoms with van der Waals surface area (Å²) in [6, 6.07) is 15.6. The molecule has 3 rings (SSSR count). The van der Waals surface area contributed by atoms with Crippen molar-refractivity contribution < 1.29 is 4.74 Å². The Morgan fingerprint density at radius 1 is 1.24 bits per heavy atom. The molecule has 0 saturated carbocycles. The van der Waals surface area contributed by atoms with Crippen LogP contribution in [0.15, 0.2) is 53.7 Å². The number of rotatable bonds is 7. The van der Waals surface area contributed by atoms with E-state index in [1.54, 1.807) is 6.20 Å². The highest BCUT2D eigenvalue weighted by atomic mass is 16.5. The molecule has 2 atom stereocenters. The maximum Gasteiger partial charge on any atom is 0.218 e. The van der Waals surface area contributed by atoms with Crippen LogP contribution in [0.25, 0.3) is 0 Å². The largest absolute Gasteiger partial charge is 0.478 e. The third kappa shape index (κ3) is 6.19. The quantitative estimate of drug-likeness (QED) is 0.557. The highest BCUT2D eigenvalue weighted by molar-refractivity contribution is 5.80. The summed E-state index contributed by atoms with van der Waals surface area (Å²) >= 11 is 0. The van der Waals surface area contributed by atoms with Gasteiger partial charge in [0.2, 0.25) is 5.88 Å². The van der Waals surface area contributed by atoms with Crippen LogP contribution in [0.3, 0.4) is 0 Å². The second kappa shape index (κ2) is 10.8. The first kappa shape index (κ1) is 21.1. The third-order valence-electron chi connectivity index (χ3n) is 5.38. The summed E-state index contributed by atoms with van der Waals surface area (Å²) in [7, 11) is 1.82. The molecule has 2 aromatic rings. The van der Waals surface area contributed by atoms with Crippen LogP contribution < -0.4 is 15.4 Å². The first-order valence-corrected chi connectivity index (χ1v) is 10.5. The summed E-state index contributed by atoms with van der Waals surface area (Å²) in [5, 5.41) is 7.00. The molecule has 0 spiro atoms. The van der Waals surface area contributed by atoms with Gasteiger partial charge in [0.15, 0.2) is 5.96 Å². The van der Waals surface area contributed by atoms with Gasteiger partial charge < -0.3 is 15.4 Å². The van der Waals surface area contributed by atoms with E-state index >= 15 is 0 Å². The number of nitrogens with zero attached hydrogens (tertiary/aromatic N) is 3. The maximum atomic E-state index is 5.61. The Morgan fingerprint density at radius 3 is 2.79 bits per heavy atom. The predicted molar refractivity (Wildman–Crippen MR) is 118 cm³/mol. The van der Waals surface area contributed by atoms with Crippen molar-refractivity contribution in [3.05, 3.63) is 59.8 Å². The van der Waals surface area contributed by atoms with Crippen LogP contribution in [0.5, 0.6) is 5.88 Å². The Labute approximate surface area is 174 Å². The zero-order chi connectivity index (χ0) is 20.5. The Hall–Kier alpha value is -2.60. The summed E-state index contributed by atoms with van der Waals surface area (Å²) in [4.78, 5) is 11.3. The normalized spacial score (nSPS) is 20.3.